The fraction of sp³-hybridized carbons (Fsp3) is 0.312. The summed E-state index contributed by atoms with van der Waals surface area (Å²) in [4.78, 5) is 17.1. The van der Waals surface area contributed by atoms with E-state index in [9.17, 15) is 13.2 Å². The quantitative estimate of drug-likeness (QED) is 0.581. The number of nitrogens with zero attached hydrogens (tertiary/aromatic N) is 2. The van der Waals surface area contributed by atoms with Gasteiger partial charge in [0.25, 0.3) is 0 Å². The minimum atomic E-state index is -3.78. The standard InChI is InChI=1S/C16H18N4O5S2/c1-10-15(11(2)25-20-10)27(22,23)18-6-5-14(21)17-8-12-9-24-16(19-12)13-4-3-7-26-13/h3-4,7,9,18H,5-6,8H2,1-2H3,(H,17,21). The molecule has 0 saturated heterocycles. The molecule has 0 bridgehead atoms. The lowest BCUT2D eigenvalue weighted by atomic mass is 10.4. The molecule has 11 heteroatoms. The van der Waals surface area contributed by atoms with Crippen molar-refractivity contribution < 1.29 is 22.2 Å². The summed E-state index contributed by atoms with van der Waals surface area (Å²) >= 11 is 1.51. The number of thiophene rings is 1. The Hall–Kier alpha value is -2.50. The van der Waals surface area contributed by atoms with Crippen molar-refractivity contribution in [1.82, 2.24) is 20.2 Å². The van der Waals surface area contributed by atoms with Gasteiger partial charge in [-0.1, -0.05) is 11.2 Å². The number of rotatable bonds is 8. The van der Waals surface area contributed by atoms with Crippen molar-refractivity contribution in [2.45, 2.75) is 31.7 Å². The van der Waals surface area contributed by atoms with Gasteiger partial charge in [0, 0.05) is 13.0 Å². The van der Waals surface area contributed by atoms with Crippen LogP contribution in [0.25, 0.3) is 10.8 Å². The molecule has 3 aromatic rings. The molecular formula is C16H18N4O5S2. The van der Waals surface area contributed by atoms with Crippen molar-refractivity contribution >= 4 is 27.3 Å². The molecule has 3 aromatic heterocycles. The zero-order valence-electron chi connectivity index (χ0n) is 14.7. The van der Waals surface area contributed by atoms with Crippen LogP contribution < -0.4 is 10.0 Å². The highest BCUT2D eigenvalue weighted by atomic mass is 32.2. The van der Waals surface area contributed by atoms with Crippen LogP contribution in [0.2, 0.25) is 0 Å². The summed E-state index contributed by atoms with van der Waals surface area (Å²) in [7, 11) is -3.78. The third-order valence-corrected chi connectivity index (χ3v) is 6.19. The summed E-state index contributed by atoms with van der Waals surface area (Å²) in [6.45, 7) is 3.21. The molecule has 0 atom stereocenters. The number of sulfonamides is 1. The monoisotopic (exact) mass is 410 g/mol. The van der Waals surface area contributed by atoms with Crippen molar-refractivity contribution in [2.75, 3.05) is 6.54 Å². The molecule has 0 aromatic carbocycles. The first-order valence-electron chi connectivity index (χ1n) is 8.04. The molecule has 27 heavy (non-hydrogen) atoms. The van der Waals surface area contributed by atoms with Crippen LogP contribution in [0.15, 0.2) is 37.6 Å². The Labute approximate surface area is 159 Å². The van der Waals surface area contributed by atoms with Crippen LogP contribution in [0.3, 0.4) is 0 Å². The van der Waals surface area contributed by atoms with Gasteiger partial charge in [-0.2, -0.15) is 0 Å². The smallest absolute Gasteiger partial charge is 0.245 e. The Morgan fingerprint density at radius 1 is 1.33 bits per heavy atom. The minimum Gasteiger partial charge on any atom is -0.443 e. The van der Waals surface area contributed by atoms with Gasteiger partial charge in [-0.05, 0) is 25.3 Å². The maximum atomic E-state index is 12.2. The summed E-state index contributed by atoms with van der Waals surface area (Å²) in [5, 5.41) is 8.22. The van der Waals surface area contributed by atoms with Crippen molar-refractivity contribution in [3.05, 3.63) is 40.9 Å². The second kappa shape index (κ2) is 8.03. The average molecular weight is 410 g/mol. The van der Waals surface area contributed by atoms with Gasteiger partial charge in [0.05, 0.1) is 17.1 Å². The van der Waals surface area contributed by atoms with E-state index in [1.165, 1.54) is 24.5 Å². The molecule has 3 heterocycles. The van der Waals surface area contributed by atoms with Gasteiger partial charge in [0.15, 0.2) is 5.76 Å². The first-order chi connectivity index (χ1) is 12.9. The van der Waals surface area contributed by atoms with Gasteiger partial charge in [0.1, 0.15) is 16.9 Å². The molecule has 0 fully saturated rings. The molecular weight excluding hydrogens is 392 g/mol. The van der Waals surface area contributed by atoms with Crippen LogP contribution in [0.1, 0.15) is 23.6 Å². The van der Waals surface area contributed by atoms with Crippen molar-refractivity contribution in [3.8, 4) is 10.8 Å². The third-order valence-electron chi connectivity index (χ3n) is 3.63. The van der Waals surface area contributed by atoms with Crippen molar-refractivity contribution in [2.24, 2.45) is 0 Å². The topological polar surface area (TPSA) is 127 Å². The second-order valence-corrected chi connectivity index (χ2v) is 8.35. The number of nitrogens with one attached hydrogen (secondary N) is 2. The van der Waals surface area contributed by atoms with Crippen LogP contribution in [0, 0.1) is 13.8 Å². The number of carbonyl (C=O) groups excluding carboxylic acids is 1. The van der Waals surface area contributed by atoms with Gasteiger partial charge in [-0.15, -0.1) is 11.3 Å². The summed E-state index contributed by atoms with van der Waals surface area (Å²) in [5.41, 5.74) is 0.861. The maximum absolute atomic E-state index is 12.2. The van der Waals surface area contributed by atoms with E-state index in [1.54, 1.807) is 6.92 Å². The molecule has 144 valence electrons. The Balaban J connectivity index is 1.46. The first kappa shape index (κ1) is 19.3. The average Bonchev–Trinajstić information content (AvgIpc) is 3.33. The molecule has 3 rings (SSSR count). The van der Waals surface area contributed by atoms with Crippen molar-refractivity contribution in [3.63, 3.8) is 0 Å². The molecule has 0 radical (unpaired) electrons. The predicted molar refractivity (Wildman–Crippen MR) is 97.4 cm³/mol. The van der Waals surface area contributed by atoms with E-state index in [0.29, 0.717) is 11.6 Å². The fourth-order valence-electron chi connectivity index (χ4n) is 2.41. The van der Waals surface area contributed by atoms with E-state index in [2.05, 4.69) is 20.2 Å². The fourth-order valence-corrected chi connectivity index (χ4v) is 4.42. The molecule has 0 saturated carbocycles. The number of hydrogen-bond acceptors (Lipinski definition) is 8. The summed E-state index contributed by atoms with van der Waals surface area (Å²) in [6.07, 6.45) is 1.47. The molecule has 9 nitrogen and oxygen atoms in total. The van der Waals surface area contributed by atoms with Crippen LogP contribution in [0.4, 0.5) is 0 Å². The highest BCUT2D eigenvalue weighted by Crippen LogP contribution is 2.23. The zero-order valence-corrected chi connectivity index (χ0v) is 16.3. The minimum absolute atomic E-state index is 0.00612. The number of aromatic nitrogens is 2. The number of carbonyl (C=O) groups is 1. The van der Waals surface area contributed by atoms with E-state index >= 15 is 0 Å². The van der Waals surface area contributed by atoms with Crippen LogP contribution in [-0.4, -0.2) is 31.0 Å². The molecule has 0 unspecified atom stereocenters. The molecule has 0 aliphatic rings. The molecule has 2 N–H and O–H groups in total. The lowest BCUT2D eigenvalue weighted by molar-refractivity contribution is -0.121. The summed E-state index contributed by atoms with van der Waals surface area (Å²) in [5.74, 6) is 0.399. The van der Waals surface area contributed by atoms with E-state index in [0.717, 1.165) is 4.88 Å². The lowest BCUT2D eigenvalue weighted by Crippen LogP contribution is -2.31. The molecule has 0 aliphatic heterocycles. The van der Waals surface area contributed by atoms with Crippen LogP contribution in [-0.2, 0) is 21.4 Å². The Bertz CT molecular complexity index is 1000. The van der Waals surface area contributed by atoms with Crippen LogP contribution in [0.5, 0.6) is 0 Å². The highest BCUT2D eigenvalue weighted by Gasteiger charge is 2.23. The van der Waals surface area contributed by atoms with Gasteiger partial charge in [-0.3, -0.25) is 4.79 Å². The third kappa shape index (κ3) is 4.62. The van der Waals surface area contributed by atoms with Gasteiger partial charge in [0.2, 0.25) is 21.8 Å². The Morgan fingerprint density at radius 2 is 2.15 bits per heavy atom. The van der Waals surface area contributed by atoms with E-state index in [-0.39, 0.29) is 41.8 Å². The SMILES string of the molecule is Cc1noc(C)c1S(=O)(=O)NCCC(=O)NCc1coc(-c2cccs2)n1. The van der Waals surface area contributed by atoms with E-state index < -0.39 is 10.0 Å². The van der Waals surface area contributed by atoms with E-state index in [1.807, 2.05) is 17.5 Å². The zero-order chi connectivity index (χ0) is 19.4. The largest absolute Gasteiger partial charge is 0.443 e. The number of amides is 1. The Morgan fingerprint density at radius 3 is 2.81 bits per heavy atom. The Kier molecular flexibility index (Phi) is 5.73. The number of hydrogen-bond donors (Lipinski definition) is 2. The lowest BCUT2D eigenvalue weighted by Gasteiger charge is -2.06. The van der Waals surface area contributed by atoms with Gasteiger partial charge >= 0.3 is 0 Å². The van der Waals surface area contributed by atoms with Crippen molar-refractivity contribution in [1.29, 1.82) is 0 Å². The van der Waals surface area contributed by atoms with Gasteiger partial charge < -0.3 is 14.3 Å². The van der Waals surface area contributed by atoms with Gasteiger partial charge in [-0.25, -0.2) is 18.1 Å². The first-order valence-corrected chi connectivity index (χ1v) is 10.4. The number of oxazole rings is 1. The maximum Gasteiger partial charge on any atom is 0.245 e. The highest BCUT2D eigenvalue weighted by molar-refractivity contribution is 7.89. The molecule has 0 aliphatic carbocycles. The second-order valence-electron chi connectivity index (χ2n) is 5.70. The molecule has 0 spiro atoms. The summed E-state index contributed by atoms with van der Waals surface area (Å²) in [6, 6.07) is 3.79. The normalized spacial score (nSPS) is 11.6. The van der Waals surface area contributed by atoms with E-state index in [4.69, 9.17) is 8.94 Å². The summed E-state index contributed by atoms with van der Waals surface area (Å²) < 4.78 is 37.1. The number of aryl methyl sites for hydroxylation is 2. The molecule has 1 amide bonds. The predicted octanol–water partition coefficient (Wildman–Crippen LogP) is 1.99. The van der Waals surface area contributed by atoms with Crippen LogP contribution >= 0.6 is 11.3 Å².